The average molecular weight is 245 g/mol. The summed E-state index contributed by atoms with van der Waals surface area (Å²) in [4.78, 5) is 3.96. The van der Waals surface area contributed by atoms with E-state index in [1.165, 1.54) is 12.2 Å². The van der Waals surface area contributed by atoms with Crippen LogP contribution in [0.15, 0.2) is 18.5 Å². The SMILES string of the molecule is CSCCC(C)NCc1ccncc1Cl. The van der Waals surface area contributed by atoms with E-state index < -0.39 is 0 Å². The summed E-state index contributed by atoms with van der Waals surface area (Å²) >= 11 is 7.88. The fourth-order valence-corrected chi connectivity index (χ4v) is 2.00. The van der Waals surface area contributed by atoms with Gasteiger partial charge in [0.05, 0.1) is 5.02 Å². The first-order valence-electron chi connectivity index (χ1n) is 5.04. The van der Waals surface area contributed by atoms with Gasteiger partial charge in [-0.1, -0.05) is 11.6 Å². The molecule has 1 aromatic heterocycles. The van der Waals surface area contributed by atoms with E-state index in [1.807, 2.05) is 17.8 Å². The van der Waals surface area contributed by atoms with Crippen molar-refractivity contribution < 1.29 is 0 Å². The molecule has 1 rings (SSSR count). The molecule has 0 bridgehead atoms. The number of rotatable bonds is 6. The van der Waals surface area contributed by atoms with Gasteiger partial charge < -0.3 is 5.32 Å². The molecule has 0 radical (unpaired) electrons. The van der Waals surface area contributed by atoms with E-state index in [0.717, 1.165) is 17.1 Å². The fourth-order valence-electron chi connectivity index (χ4n) is 1.23. The predicted molar refractivity (Wildman–Crippen MR) is 68.5 cm³/mol. The number of pyridine rings is 1. The third kappa shape index (κ3) is 4.87. The van der Waals surface area contributed by atoms with Gasteiger partial charge in [0.2, 0.25) is 0 Å². The van der Waals surface area contributed by atoms with Crippen molar-refractivity contribution in [3.8, 4) is 0 Å². The van der Waals surface area contributed by atoms with E-state index in [2.05, 4.69) is 23.5 Å². The Morgan fingerprint density at radius 1 is 1.60 bits per heavy atom. The van der Waals surface area contributed by atoms with Gasteiger partial charge in [-0.25, -0.2) is 0 Å². The zero-order valence-corrected chi connectivity index (χ0v) is 10.7. The number of nitrogens with one attached hydrogen (secondary N) is 1. The molecule has 1 N–H and O–H groups in total. The molecule has 15 heavy (non-hydrogen) atoms. The normalized spacial score (nSPS) is 12.7. The smallest absolute Gasteiger partial charge is 0.0634 e. The fraction of sp³-hybridized carbons (Fsp3) is 0.545. The van der Waals surface area contributed by atoms with Gasteiger partial charge in [0.15, 0.2) is 0 Å². The van der Waals surface area contributed by atoms with Gasteiger partial charge in [0.1, 0.15) is 0 Å². The molecule has 4 heteroatoms. The molecular formula is C11H17ClN2S. The summed E-state index contributed by atoms with van der Waals surface area (Å²) in [5.74, 6) is 1.19. The van der Waals surface area contributed by atoms with Gasteiger partial charge in [-0.3, -0.25) is 4.98 Å². The maximum Gasteiger partial charge on any atom is 0.0634 e. The molecule has 2 nitrogen and oxygen atoms in total. The average Bonchev–Trinajstić information content (AvgIpc) is 2.25. The Kier molecular flexibility index (Phi) is 6.06. The molecule has 1 heterocycles. The monoisotopic (exact) mass is 244 g/mol. The van der Waals surface area contributed by atoms with Gasteiger partial charge in [-0.2, -0.15) is 11.8 Å². The molecule has 84 valence electrons. The highest BCUT2D eigenvalue weighted by molar-refractivity contribution is 7.98. The highest BCUT2D eigenvalue weighted by Crippen LogP contribution is 2.13. The zero-order valence-electron chi connectivity index (χ0n) is 9.16. The van der Waals surface area contributed by atoms with Crippen molar-refractivity contribution in [1.82, 2.24) is 10.3 Å². The minimum absolute atomic E-state index is 0.529. The maximum atomic E-state index is 6.01. The van der Waals surface area contributed by atoms with Gasteiger partial charge in [0.25, 0.3) is 0 Å². The summed E-state index contributed by atoms with van der Waals surface area (Å²) in [5, 5.41) is 4.19. The van der Waals surface area contributed by atoms with Crippen molar-refractivity contribution in [2.24, 2.45) is 0 Å². The lowest BCUT2D eigenvalue weighted by Crippen LogP contribution is -2.26. The Hall–Kier alpha value is -0.250. The lowest BCUT2D eigenvalue weighted by atomic mass is 10.2. The topological polar surface area (TPSA) is 24.9 Å². The number of nitrogens with zero attached hydrogens (tertiary/aromatic N) is 1. The van der Waals surface area contributed by atoms with Crippen LogP contribution in [0.5, 0.6) is 0 Å². The second kappa shape index (κ2) is 7.09. The quantitative estimate of drug-likeness (QED) is 0.833. The van der Waals surface area contributed by atoms with Crippen LogP contribution in [0.2, 0.25) is 5.02 Å². The minimum Gasteiger partial charge on any atom is -0.310 e. The van der Waals surface area contributed by atoms with E-state index in [9.17, 15) is 0 Å². The van der Waals surface area contributed by atoms with Gasteiger partial charge in [-0.15, -0.1) is 0 Å². The highest BCUT2D eigenvalue weighted by Gasteiger charge is 2.03. The summed E-state index contributed by atoms with van der Waals surface area (Å²) in [6.45, 7) is 3.02. The van der Waals surface area contributed by atoms with E-state index in [1.54, 1.807) is 12.4 Å². The third-order valence-corrected chi connectivity index (χ3v) is 3.24. The Bertz CT molecular complexity index is 294. The molecule has 0 aromatic carbocycles. The Balaban J connectivity index is 2.33. The van der Waals surface area contributed by atoms with Crippen molar-refractivity contribution >= 4 is 23.4 Å². The van der Waals surface area contributed by atoms with Crippen LogP contribution in [0.1, 0.15) is 18.9 Å². The highest BCUT2D eigenvalue weighted by atomic mass is 35.5. The largest absolute Gasteiger partial charge is 0.310 e. The molecule has 0 amide bonds. The second-order valence-corrected chi connectivity index (χ2v) is 4.92. The van der Waals surface area contributed by atoms with Crippen LogP contribution in [0.25, 0.3) is 0 Å². The number of hydrogen-bond donors (Lipinski definition) is 1. The van der Waals surface area contributed by atoms with Gasteiger partial charge in [0, 0.05) is 25.0 Å². The Morgan fingerprint density at radius 2 is 2.40 bits per heavy atom. The molecule has 1 unspecified atom stereocenters. The van der Waals surface area contributed by atoms with Crippen LogP contribution >= 0.6 is 23.4 Å². The first-order chi connectivity index (χ1) is 7.24. The number of thioether (sulfide) groups is 1. The lowest BCUT2D eigenvalue weighted by molar-refractivity contribution is 0.537. The summed E-state index contributed by atoms with van der Waals surface area (Å²) in [6, 6.07) is 2.48. The van der Waals surface area contributed by atoms with Crippen LogP contribution in [0.4, 0.5) is 0 Å². The molecule has 0 fully saturated rings. The van der Waals surface area contributed by atoms with Gasteiger partial charge >= 0.3 is 0 Å². The molecule has 1 atom stereocenters. The first kappa shape index (κ1) is 12.8. The van der Waals surface area contributed by atoms with Crippen LogP contribution in [0, 0.1) is 0 Å². The first-order valence-corrected chi connectivity index (χ1v) is 6.82. The van der Waals surface area contributed by atoms with E-state index in [0.29, 0.717) is 6.04 Å². The summed E-state index contributed by atoms with van der Waals surface area (Å²) < 4.78 is 0. The Labute approximate surface area is 101 Å². The van der Waals surface area contributed by atoms with Crippen LogP contribution in [-0.4, -0.2) is 23.0 Å². The molecule has 1 aromatic rings. The van der Waals surface area contributed by atoms with E-state index >= 15 is 0 Å². The van der Waals surface area contributed by atoms with Crippen molar-refractivity contribution in [2.45, 2.75) is 25.9 Å². The predicted octanol–water partition coefficient (Wildman–Crippen LogP) is 2.97. The number of aromatic nitrogens is 1. The van der Waals surface area contributed by atoms with Crippen LogP contribution in [-0.2, 0) is 6.54 Å². The Morgan fingerprint density at radius 3 is 3.07 bits per heavy atom. The van der Waals surface area contributed by atoms with Crippen molar-refractivity contribution in [3.05, 3.63) is 29.0 Å². The van der Waals surface area contributed by atoms with E-state index in [-0.39, 0.29) is 0 Å². The molecule has 0 saturated carbocycles. The second-order valence-electron chi connectivity index (χ2n) is 3.53. The molecule has 0 aliphatic carbocycles. The summed E-state index contributed by atoms with van der Waals surface area (Å²) in [6.07, 6.45) is 6.77. The maximum absolute atomic E-state index is 6.01. The summed E-state index contributed by atoms with van der Waals surface area (Å²) in [7, 11) is 0. The van der Waals surface area contributed by atoms with Crippen molar-refractivity contribution in [2.75, 3.05) is 12.0 Å². The number of hydrogen-bond acceptors (Lipinski definition) is 3. The lowest BCUT2D eigenvalue weighted by Gasteiger charge is -2.13. The molecule has 0 aliphatic rings. The van der Waals surface area contributed by atoms with Crippen molar-refractivity contribution in [1.29, 1.82) is 0 Å². The molecule has 0 saturated heterocycles. The molecule has 0 aliphatic heterocycles. The molecule has 0 spiro atoms. The zero-order chi connectivity index (χ0) is 11.1. The van der Waals surface area contributed by atoms with Crippen LogP contribution < -0.4 is 5.32 Å². The number of halogens is 1. The van der Waals surface area contributed by atoms with Crippen LogP contribution in [0.3, 0.4) is 0 Å². The summed E-state index contributed by atoms with van der Waals surface area (Å²) in [5.41, 5.74) is 1.11. The minimum atomic E-state index is 0.529. The van der Waals surface area contributed by atoms with Gasteiger partial charge in [-0.05, 0) is 37.0 Å². The van der Waals surface area contributed by atoms with E-state index in [4.69, 9.17) is 11.6 Å². The molecular weight excluding hydrogens is 228 g/mol. The van der Waals surface area contributed by atoms with Crippen molar-refractivity contribution in [3.63, 3.8) is 0 Å². The third-order valence-electron chi connectivity index (χ3n) is 2.25. The standard InChI is InChI=1S/C11H17ClN2S/c1-9(4-6-15-2)14-7-10-3-5-13-8-11(10)12/h3,5,8-9,14H,4,6-7H2,1-2H3.